The average Bonchev–Trinajstić information content (AvgIpc) is 2.60. The SMILES string of the molecule is Cc1cc(C)nc(Nc2cc(CC3CCN(C(=O)OC(C)(C)C)CC3)ncn2)n1. The van der Waals surface area contributed by atoms with Gasteiger partial charge in [0.2, 0.25) is 5.95 Å². The Morgan fingerprint density at radius 1 is 1.14 bits per heavy atom. The van der Waals surface area contributed by atoms with Crippen molar-refractivity contribution in [3.8, 4) is 0 Å². The van der Waals surface area contributed by atoms with Crippen molar-refractivity contribution in [2.24, 2.45) is 5.92 Å². The number of piperidine rings is 1. The van der Waals surface area contributed by atoms with Gasteiger partial charge in [0.15, 0.2) is 0 Å². The number of ether oxygens (including phenoxy) is 1. The average molecular weight is 399 g/mol. The van der Waals surface area contributed by atoms with Crippen molar-refractivity contribution in [3.63, 3.8) is 0 Å². The number of rotatable bonds is 4. The van der Waals surface area contributed by atoms with Crippen molar-refractivity contribution < 1.29 is 9.53 Å². The molecule has 0 aliphatic carbocycles. The number of aryl methyl sites for hydroxylation is 2. The second kappa shape index (κ2) is 8.71. The molecule has 3 rings (SSSR count). The van der Waals surface area contributed by atoms with Crippen molar-refractivity contribution in [1.82, 2.24) is 24.8 Å². The molecule has 2 aromatic heterocycles. The van der Waals surface area contributed by atoms with Crippen LogP contribution in [-0.2, 0) is 11.2 Å². The molecule has 2 aromatic rings. The number of amides is 1. The molecule has 1 aliphatic heterocycles. The maximum absolute atomic E-state index is 12.2. The Bertz CT molecular complexity index is 836. The third-order valence-electron chi connectivity index (χ3n) is 4.71. The molecule has 0 aromatic carbocycles. The summed E-state index contributed by atoms with van der Waals surface area (Å²) in [6.45, 7) is 11.0. The standard InChI is InChI=1S/C21H30N6O2/c1-14-10-15(2)25-19(24-14)26-18-12-17(22-13-23-18)11-16-6-8-27(9-7-16)20(28)29-21(3,4)5/h10,12-13,16H,6-9,11H2,1-5H3,(H,22,23,24,25,26). The fourth-order valence-corrected chi connectivity index (χ4v) is 3.42. The predicted molar refractivity (Wildman–Crippen MR) is 111 cm³/mol. The van der Waals surface area contributed by atoms with E-state index in [1.165, 1.54) is 0 Å². The Morgan fingerprint density at radius 3 is 2.41 bits per heavy atom. The van der Waals surface area contributed by atoms with Crippen LogP contribution >= 0.6 is 0 Å². The molecular formula is C21H30N6O2. The number of anilines is 2. The van der Waals surface area contributed by atoms with E-state index in [1.54, 1.807) is 11.2 Å². The number of nitrogens with zero attached hydrogens (tertiary/aromatic N) is 5. The molecule has 0 unspecified atom stereocenters. The van der Waals surface area contributed by atoms with Gasteiger partial charge in [-0.1, -0.05) is 0 Å². The molecule has 1 amide bonds. The second-order valence-corrected chi connectivity index (χ2v) is 8.61. The highest BCUT2D eigenvalue weighted by atomic mass is 16.6. The number of hydrogen-bond donors (Lipinski definition) is 1. The smallest absolute Gasteiger partial charge is 0.410 e. The number of aromatic nitrogens is 4. The van der Waals surface area contributed by atoms with Crippen molar-refractivity contribution >= 4 is 17.9 Å². The lowest BCUT2D eigenvalue weighted by Crippen LogP contribution is -2.42. The molecule has 8 heteroatoms. The lowest BCUT2D eigenvalue weighted by atomic mass is 9.92. The molecule has 8 nitrogen and oxygen atoms in total. The summed E-state index contributed by atoms with van der Waals surface area (Å²) < 4.78 is 5.47. The van der Waals surface area contributed by atoms with Crippen LogP contribution in [0.4, 0.5) is 16.6 Å². The van der Waals surface area contributed by atoms with Crippen LogP contribution in [0.25, 0.3) is 0 Å². The summed E-state index contributed by atoms with van der Waals surface area (Å²) in [5.41, 5.74) is 2.33. The molecular weight excluding hydrogens is 368 g/mol. The zero-order valence-corrected chi connectivity index (χ0v) is 17.9. The molecule has 0 radical (unpaired) electrons. The maximum atomic E-state index is 12.2. The van der Waals surface area contributed by atoms with E-state index in [4.69, 9.17) is 4.74 Å². The molecule has 1 saturated heterocycles. The van der Waals surface area contributed by atoms with Gasteiger partial charge in [0, 0.05) is 36.2 Å². The van der Waals surface area contributed by atoms with Gasteiger partial charge in [-0.3, -0.25) is 0 Å². The van der Waals surface area contributed by atoms with Crippen LogP contribution in [0.2, 0.25) is 0 Å². The van der Waals surface area contributed by atoms with Gasteiger partial charge in [-0.2, -0.15) is 0 Å². The van der Waals surface area contributed by atoms with Crippen LogP contribution in [0.3, 0.4) is 0 Å². The van der Waals surface area contributed by atoms with Gasteiger partial charge in [0.05, 0.1) is 0 Å². The Morgan fingerprint density at radius 2 is 1.79 bits per heavy atom. The van der Waals surface area contributed by atoms with Crippen LogP contribution in [0, 0.1) is 19.8 Å². The molecule has 1 aliphatic rings. The van der Waals surface area contributed by atoms with Crippen molar-refractivity contribution in [1.29, 1.82) is 0 Å². The molecule has 1 fully saturated rings. The predicted octanol–water partition coefficient (Wildman–Crippen LogP) is 3.82. The first kappa shape index (κ1) is 21.0. The van der Waals surface area contributed by atoms with Crippen LogP contribution in [0.15, 0.2) is 18.5 Å². The molecule has 1 N–H and O–H groups in total. The third-order valence-corrected chi connectivity index (χ3v) is 4.71. The normalized spacial score (nSPS) is 15.3. The Kier molecular flexibility index (Phi) is 6.30. The maximum Gasteiger partial charge on any atom is 0.410 e. The zero-order chi connectivity index (χ0) is 21.0. The van der Waals surface area contributed by atoms with Crippen molar-refractivity contribution in [3.05, 3.63) is 35.5 Å². The monoisotopic (exact) mass is 398 g/mol. The molecule has 0 spiro atoms. The summed E-state index contributed by atoms with van der Waals surface area (Å²) in [7, 11) is 0. The summed E-state index contributed by atoms with van der Waals surface area (Å²) in [4.78, 5) is 31.5. The van der Waals surface area contributed by atoms with E-state index < -0.39 is 5.60 Å². The van der Waals surface area contributed by atoms with Crippen LogP contribution < -0.4 is 5.32 Å². The number of hydrogen-bond acceptors (Lipinski definition) is 7. The van der Waals surface area contributed by atoms with Gasteiger partial charge in [0.25, 0.3) is 0 Å². The van der Waals surface area contributed by atoms with E-state index >= 15 is 0 Å². The van der Waals surface area contributed by atoms with Gasteiger partial charge >= 0.3 is 6.09 Å². The minimum absolute atomic E-state index is 0.224. The van der Waals surface area contributed by atoms with Gasteiger partial charge in [-0.25, -0.2) is 24.7 Å². The van der Waals surface area contributed by atoms with E-state index in [9.17, 15) is 4.79 Å². The van der Waals surface area contributed by atoms with Crippen LogP contribution in [-0.4, -0.2) is 49.6 Å². The zero-order valence-electron chi connectivity index (χ0n) is 17.9. The Labute approximate surface area is 172 Å². The minimum Gasteiger partial charge on any atom is -0.444 e. The Balaban J connectivity index is 1.55. The summed E-state index contributed by atoms with van der Waals surface area (Å²) in [6.07, 6.45) is 4.07. The number of likely N-dealkylation sites (tertiary alicyclic amines) is 1. The van der Waals surface area contributed by atoms with E-state index in [2.05, 4.69) is 25.3 Å². The second-order valence-electron chi connectivity index (χ2n) is 8.61. The fraction of sp³-hybridized carbons (Fsp3) is 0.571. The molecule has 29 heavy (non-hydrogen) atoms. The molecule has 0 bridgehead atoms. The number of carbonyl (C=O) groups is 1. The Hall–Kier alpha value is -2.77. The van der Waals surface area contributed by atoms with Crippen LogP contribution in [0.1, 0.15) is 50.7 Å². The minimum atomic E-state index is -0.460. The molecule has 3 heterocycles. The highest BCUT2D eigenvalue weighted by Crippen LogP contribution is 2.23. The lowest BCUT2D eigenvalue weighted by Gasteiger charge is -2.33. The summed E-state index contributed by atoms with van der Waals surface area (Å²) >= 11 is 0. The lowest BCUT2D eigenvalue weighted by molar-refractivity contribution is 0.0184. The summed E-state index contributed by atoms with van der Waals surface area (Å²) in [6, 6.07) is 3.88. The highest BCUT2D eigenvalue weighted by molar-refractivity contribution is 5.68. The third kappa shape index (κ3) is 6.37. The number of nitrogens with one attached hydrogen (secondary N) is 1. The van der Waals surface area contributed by atoms with Gasteiger partial charge in [-0.05, 0) is 65.9 Å². The topological polar surface area (TPSA) is 93.1 Å². The first-order valence-electron chi connectivity index (χ1n) is 10.1. The first-order chi connectivity index (χ1) is 13.7. The van der Waals surface area contributed by atoms with Crippen LogP contribution in [0.5, 0.6) is 0 Å². The largest absolute Gasteiger partial charge is 0.444 e. The van der Waals surface area contributed by atoms with E-state index in [0.717, 1.165) is 36.3 Å². The molecule has 0 saturated carbocycles. The highest BCUT2D eigenvalue weighted by Gasteiger charge is 2.27. The van der Waals surface area contributed by atoms with Crippen molar-refractivity contribution in [2.75, 3.05) is 18.4 Å². The van der Waals surface area contributed by atoms with Gasteiger partial charge in [-0.15, -0.1) is 0 Å². The first-order valence-corrected chi connectivity index (χ1v) is 10.1. The summed E-state index contributed by atoms with van der Waals surface area (Å²) in [5.74, 6) is 1.71. The summed E-state index contributed by atoms with van der Waals surface area (Å²) in [5, 5.41) is 3.16. The van der Waals surface area contributed by atoms with Gasteiger partial charge in [0.1, 0.15) is 17.7 Å². The quantitative estimate of drug-likeness (QED) is 0.837. The molecule has 156 valence electrons. The van der Waals surface area contributed by atoms with E-state index in [1.807, 2.05) is 46.8 Å². The van der Waals surface area contributed by atoms with Crippen molar-refractivity contribution in [2.45, 2.75) is 59.5 Å². The van der Waals surface area contributed by atoms with Gasteiger partial charge < -0.3 is 15.0 Å². The van der Waals surface area contributed by atoms with E-state index in [-0.39, 0.29) is 6.09 Å². The molecule has 0 atom stereocenters. The fourth-order valence-electron chi connectivity index (χ4n) is 3.42. The van der Waals surface area contributed by atoms with E-state index in [0.29, 0.717) is 30.8 Å². The number of carbonyl (C=O) groups excluding carboxylic acids is 1.